The fourth-order valence-corrected chi connectivity index (χ4v) is 6.43. The van der Waals surface area contributed by atoms with E-state index >= 15 is 0 Å². The first kappa shape index (κ1) is 46.1. The van der Waals surface area contributed by atoms with Crippen molar-refractivity contribution in [3.05, 3.63) is 106 Å². The van der Waals surface area contributed by atoms with Crippen molar-refractivity contribution < 1.29 is 70.5 Å². The minimum atomic E-state index is -2.74. The third kappa shape index (κ3) is 12.1. The summed E-state index contributed by atoms with van der Waals surface area (Å²) in [4.78, 5) is 26.2. The smallest absolute Gasteiger partial charge is 0.337 e. The van der Waals surface area contributed by atoms with Crippen LogP contribution in [-0.2, 0) is 25.4 Å². The maximum atomic E-state index is 13.8. The number of para-hydroxylation sites is 2. The Morgan fingerprint density at radius 1 is 0.770 bits per heavy atom. The van der Waals surface area contributed by atoms with E-state index in [9.17, 15) is 32.3 Å². The van der Waals surface area contributed by atoms with Crippen LogP contribution in [0.15, 0.2) is 77.8 Å². The number of hydrogen-bond donors (Lipinski definition) is 4. The van der Waals surface area contributed by atoms with Gasteiger partial charge in [-0.15, -0.1) is 0 Å². The topological polar surface area (TPSA) is 204 Å². The summed E-state index contributed by atoms with van der Waals surface area (Å²) in [6.45, 7) is 8.45. The number of methoxy groups -OCH3 is 1. The molecule has 0 aromatic heterocycles. The Labute approximate surface area is 348 Å². The number of anilines is 2. The lowest BCUT2D eigenvalue weighted by Gasteiger charge is -2.18. The van der Waals surface area contributed by atoms with Crippen LogP contribution in [0.25, 0.3) is 0 Å². The number of ether oxygens (including phenoxy) is 7. The number of carbonyl (C=O) groups is 2. The Morgan fingerprint density at radius 2 is 1.30 bits per heavy atom. The molecule has 3 heterocycles. The molecule has 18 heteroatoms. The Balaban J connectivity index is 0.000000195. The van der Waals surface area contributed by atoms with Gasteiger partial charge in [-0.2, -0.15) is 0 Å². The number of carboxylic acids is 2. The lowest BCUT2D eigenvalue weighted by atomic mass is 9.98. The molecule has 61 heavy (non-hydrogen) atoms. The fraction of sp³-hybridized carbons (Fsp3) is 0.372. The highest BCUT2D eigenvalue weighted by Gasteiger charge is 2.34. The largest absolute Gasteiger partial charge is 0.496 e. The molecule has 2 saturated heterocycles. The monoisotopic (exact) mass is 857 g/mol. The van der Waals surface area contributed by atoms with Crippen molar-refractivity contribution in [2.24, 2.45) is 4.99 Å². The number of aliphatic imine (C=N–C) groups is 1. The van der Waals surface area contributed by atoms with E-state index in [1.165, 1.54) is 43.5 Å². The van der Waals surface area contributed by atoms with Crippen LogP contribution in [0.4, 0.5) is 34.6 Å². The van der Waals surface area contributed by atoms with Gasteiger partial charge in [0.1, 0.15) is 42.7 Å². The van der Waals surface area contributed by atoms with Crippen LogP contribution in [0.2, 0.25) is 0 Å². The quantitative estimate of drug-likeness (QED) is 0.0784. The van der Waals surface area contributed by atoms with Gasteiger partial charge in [0.15, 0.2) is 11.6 Å². The molecule has 0 saturated carbocycles. The van der Waals surface area contributed by atoms with Crippen LogP contribution in [0, 0.1) is 0 Å². The molecule has 4 aromatic carbocycles. The first-order chi connectivity index (χ1) is 28.8. The van der Waals surface area contributed by atoms with Crippen molar-refractivity contribution in [1.29, 1.82) is 0 Å². The van der Waals surface area contributed by atoms with Crippen LogP contribution in [0.5, 0.6) is 17.2 Å². The number of benzene rings is 4. The molecule has 2 atom stereocenters. The van der Waals surface area contributed by atoms with Crippen molar-refractivity contribution in [3.8, 4) is 17.2 Å². The summed E-state index contributed by atoms with van der Waals surface area (Å²) in [7, 11) is 1.35. The third-order valence-electron chi connectivity index (χ3n) is 9.34. The maximum Gasteiger partial charge on any atom is 0.337 e. The van der Waals surface area contributed by atoms with Gasteiger partial charge in [0.05, 0.1) is 59.8 Å². The zero-order valence-corrected chi connectivity index (χ0v) is 34.0. The summed E-state index contributed by atoms with van der Waals surface area (Å²) >= 11 is 0. The highest BCUT2D eigenvalue weighted by molar-refractivity contribution is 6.10. The van der Waals surface area contributed by atoms with Gasteiger partial charge in [-0.3, -0.25) is 4.99 Å². The molecule has 0 unspecified atom stereocenters. The molecule has 3 aliphatic heterocycles. The van der Waals surface area contributed by atoms with E-state index in [4.69, 9.17) is 49.7 Å². The molecule has 0 radical (unpaired) electrons. The number of nitrogens with zero attached hydrogens (tertiary/aromatic N) is 1. The first-order valence-electron chi connectivity index (χ1n) is 18.8. The van der Waals surface area contributed by atoms with E-state index in [1.54, 1.807) is 50.2 Å². The molecule has 328 valence electrons. The number of hydrogen-bond acceptors (Lipinski definition) is 12. The number of fused-ring (bicyclic) bond motifs is 1. The van der Waals surface area contributed by atoms with Crippen LogP contribution in [-0.4, -0.2) is 85.2 Å². The van der Waals surface area contributed by atoms with E-state index < -0.39 is 36.4 Å². The van der Waals surface area contributed by atoms with Gasteiger partial charge >= 0.3 is 11.9 Å². The van der Waals surface area contributed by atoms with Crippen molar-refractivity contribution in [3.63, 3.8) is 0 Å². The van der Waals surface area contributed by atoms with Crippen molar-refractivity contribution in [2.45, 2.75) is 70.7 Å². The van der Waals surface area contributed by atoms with Gasteiger partial charge in [-0.1, -0.05) is 18.2 Å². The second kappa shape index (κ2) is 19.6. The average molecular weight is 858 g/mol. The number of rotatable bonds is 12. The van der Waals surface area contributed by atoms with E-state index in [1.807, 2.05) is 13.8 Å². The Morgan fingerprint density at radius 3 is 1.79 bits per heavy atom. The van der Waals surface area contributed by atoms with Crippen molar-refractivity contribution in [1.82, 2.24) is 0 Å². The summed E-state index contributed by atoms with van der Waals surface area (Å²) in [5.41, 5.74) is 12.6. The number of carboxylic acid groups (broad SMARTS) is 2. The molecule has 3 aliphatic rings. The zero-order chi connectivity index (χ0) is 44.6. The second-order valence-corrected chi connectivity index (χ2v) is 14.7. The molecule has 7 rings (SSSR count). The van der Waals surface area contributed by atoms with Gasteiger partial charge in [0.25, 0.3) is 12.9 Å². The molecule has 4 aromatic rings. The molecular formula is C43H47F4N3O11. The number of aromatic carboxylic acids is 2. The van der Waals surface area contributed by atoms with E-state index in [-0.39, 0.29) is 64.7 Å². The van der Waals surface area contributed by atoms with Gasteiger partial charge in [-0.05, 0) is 87.9 Å². The summed E-state index contributed by atoms with van der Waals surface area (Å²) in [5.74, 6) is -2.67. The van der Waals surface area contributed by atoms with Gasteiger partial charge < -0.3 is 54.8 Å². The lowest BCUT2D eigenvalue weighted by Crippen LogP contribution is -2.25. The third-order valence-corrected chi connectivity index (χ3v) is 9.34. The van der Waals surface area contributed by atoms with E-state index in [0.717, 1.165) is 0 Å². The molecule has 0 amide bonds. The van der Waals surface area contributed by atoms with Crippen LogP contribution in [0.1, 0.15) is 83.5 Å². The van der Waals surface area contributed by atoms with Crippen LogP contribution in [0.3, 0.4) is 0 Å². The molecule has 6 N–H and O–H groups in total. The molecule has 0 spiro atoms. The Hall–Kier alpha value is -5.95. The molecule has 14 nitrogen and oxygen atoms in total. The zero-order valence-electron chi connectivity index (χ0n) is 34.0. The summed E-state index contributed by atoms with van der Waals surface area (Å²) < 4.78 is 91.4. The van der Waals surface area contributed by atoms with Crippen molar-refractivity contribution in [2.75, 3.05) is 45.0 Å². The lowest BCUT2D eigenvalue weighted by molar-refractivity contribution is -0.141. The normalized spacial score (nSPS) is 18.3. The average Bonchev–Trinajstić information content (AvgIpc) is 3.92. The minimum Gasteiger partial charge on any atom is -0.496 e. The summed E-state index contributed by atoms with van der Waals surface area (Å²) in [5, 5.41) is 17.9. The predicted octanol–water partition coefficient (Wildman–Crippen LogP) is 8.24. The van der Waals surface area contributed by atoms with Gasteiger partial charge in [0.2, 0.25) is 0 Å². The summed E-state index contributed by atoms with van der Waals surface area (Å²) in [6, 6.07) is 18.1. The molecule has 2 fully saturated rings. The number of halogens is 4. The number of nitrogen functional groups attached to an aromatic ring is 2. The second-order valence-electron chi connectivity index (χ2n) is 14.7. The van der Waals surface area contributed by atoms with Gasteiger partial charge in [0, 0.05) is 17.5 Å². The Kier molecular flexibility index (Phi) is 14.8. The highest BCUT2D eigenvalue weighted by atomic mass is 19.3. The van der Waals surface area contributed by atoms with E-state index in [0.29, 0.717) is 53.8 Å². The first-order valence-corrected chi connectivity index (χ1v) is 18.8. The number of nitrogens with two attached hydrogens (primary N) is 2. The van der Waals surface area contributed by atoms with E-state index in [2.05, 4.69) is 4.99 Å². The standard InChI is InChI=1S/C22H21F2NO5.C14H18F2O4.C7H8N2O2/c1-22(2)29-11-14(30-22)10-28-13-6-7-15(17(9-13)20(23)24)18-8-12-4-3-5-16(21(26)27)19(12)25-18;1-14(2)19-8-10(20-14)7-18-9-4-5-12(17-3)11(6-9)13(15)16;8-5-3-1-2-4(6(5)9)7(10)11/h3-7,9,14,20H,8,10-11H2,1-2H3,(H,26,27);4-6,10,13H,7-8H2,1-3H3;1-3H,8-9H2,(H,10,11)/t14-;10-;/m00./s1. The van der Waals surface area contributed by atoms with Crippen LogP contribution < -0.4 is 25.7 Å². The molecule has 0 bridgehead atoms. The highest BCUT2D eigenvalue weighted by Crippen LogP contribution is 2.37. The van der Waals surface area contributed by atoms with Crippen molar-refractivity contribution >= 4 is 34.7 Å². The SMILES string of the molecule is CC1(C)OC[C@H](COc2ccc(C3=Nc4c(cccc4C(=O)O)C3)c(C(F)F)c2)O1.COc1ccc(OC[C@H]2COC(C)(C)O2)cc1C(F)F.Nc1cccc(C(=O)O)c1N. The minimum absolute atomic E-state index is 0.0463. The molecular weight excluding hydrogens is 810 g/mol. The predicted molar refractivity (Wildman–Crippen MR) is 216 cm³/mol. The summed E-state index contributed by atoms with van der Waals surface area (Å²) in [6.07, 6.45) is -5.55. The number of alkyl halides is 4. The maximum absolute atomic E-state index is 13.8. The Bertz CT molecular complexity index is 2240. The van der Waals surface area contributed by atoms with Gasteiger partial charge in [-0.25, -0.2) is 27.2 Å². The fourth-order valence-electron chi connectivity index (χ4n) is 6.43. The van der Waals surface area contributed by atoms with Crippen LogP contribution >= 0.6 is 0 Å². The molecule has 0 aliphatic carbocycles.